The number of rotatable bonds is 7. The Labute approximate surface area is 92.2 Å². The minimum absolute atomic E-state index is 0.178. The van der Waals surface area contributed by atoms with E-state index in [4.69, 9.17) is 5.11 Å². The van der Waals surface area contributed by atoms with Crippen molar-refractivity contribution in [3.63, 3.8) is 0 Å². The topological polar surface area (TPSA) is 108 Å². The van der Waals surface area contributed by atoms with Crippen molar-refractivity contribution in [3.05, 3.63) is 11.9 Å². The van der Waals surface area contributed by atoms with Crippen molar-refractivity contribution >= 4 is 11.9 Å². The van der Waals surface area contributed by atoms with E-state index in [1.807, 2.05) is 0 Å². The summed E-state index contributed by atoms with van der Waals surface area (Å²) in [6, 6.07) is 0. The number of aliphatic carboxylic acids is 1. The molecule has 16 heavy (non-hydrogen) atoms. The number of aromatic nitrogens is 3. The zero-order valence-electron chi connectivity index (χ0n) is 8.77. The first kappa shape index (κ1) is 12.2. The summed E-state index contributed by atoms with van der Waals surface area (Å²) in [5.41, 5.74) is 0.255. The van der Waals surface area contributed by atoms with Crippen molar-refractivity contribution in [2.24, 2.45) is 0 Å². The van der Waals surface area contributed by atoms with Crippen molar-refractivity contribution in [1.29, 1.82) is 0 Å². The minimum Gasteiger partial charge on any atom is -0.481 e. The molecule has 0 aromatic carbocycles. The zero-order valence-corrected chi connectivity index (χ0v) is 8.77. The molecule has 0 atom stereocenters. The Bertz CT molecular complexity index is 337. The van der Waals surface area contributed by atoms with Gasteiger partial charge in [0.05, 0.1) is 6.20 Å². The first-order valence-corrected chi connectivity index (χ1v) is 5.06. The van der Waals surface area contributed by atoms with Gasteiger partial charge in [0, 0.05) is 13.0 Å². The van der Waals surface area contributed by atoms with Crippen LogP contribution in [0.15, 0.2) is 6.20 Å². The quantitative estimate of drug-likeness (QED) is 0.575. The van der Waals surface area contributed by atoms with Crippen LogP contribution in [0.5, 0.6) is 0 Å². The lowest BCUT2D eigenvalue weighted by molar-refractivity contribution is -0.137. The Morgan fingerprint density at radius 3 is 2.81 bits per heavy atom. The molecular weight excluding hydrogens is 212 g/mol. The number of carbonyl (C=O) groups excluding carboxylic acids is 1. The number of carboxylic acids is 1. The predicted molar refractivity (Wildman–Crippen MR) is 54.8 cm³/mol. The second-order valence-corrected chi connectivity index (χ2v) is 3.32. The lowest BCUT2D eigenvalue weighted by Gasteiger charge is -2.01. The summed E-state index contributed by atoms with van der Waals surface area (Å²) < 4.78 is 0. The van der Waals surface area contributed by atoms with Crippen LogP contribution in [0.2, 0.25) is 0 Å². The molecule has 1 aromatic rings. The molecule has 0 bridgehead atoms. The Balaban J connectivity index is 2.03. The number of H-pyrrole nitrogens is 1. The van der Waals surface area contributed by atoms with Gasteiger partial charge in [-0.15, -0.1) is 0 Å². The van der Waals surface area contributed by atoms with Gasteiger partial charge in [-0.05, 0) is 12.8 Å². The van der Waals surface area contributed by atoms with Crippen LogP contribution in [0, 0.1) is 0 Å². The largest absolute Gasteiger partial charge is 0.481 e. The van der Waals surface area contributed by atoms with Gasteiger partial charge in [-0.1, -0.05) is 6.42 Å². The average Bonchev–Trinajstić information content (AvgIpc) is 2.75. The lowest BCUT2D eigenvalue weighted by atomic mass is 10.2. The number of hydrogen-bond acceptors (Lipinski definition) is 4. The third-order valence-electron chi connectivity index (χ3n) is 2.00. The molecule has 0 aliphatic heterocycles. The van der Waals surface area contributed by atoms with Crippen molar-refractivity contribution < 1.29 is 14.7 Å². The molecule has 0 unspecified atom stereocenters. The van der Waals surface area contributed by atoms with Crippen LogP contribution in [0.4, 0.5) is 0 Å². The van der Waals surface area contributed by atoms with Gasteiger partial charge < -0.3 is 10.4 Å². The molecule has 88 valence electrons. The first-order chi connectivity index (χ1) is 7.70. The summed E-state index contributed by atoms with van der Waals surface area (Å²) in [5.74, 6) is -1.06. The highest BCUT2D eigenvalue weighted by Crippen LogP contribution is 1.98. The Hall–Kier alpha value is -1.92. The molecule has 3 N–H and O–H groups in total. The summed E-state index contributed by atoms with van der Waals surface area (Å²) in [6.07, 6.45) is 3.70. The SMILES string of the molecule is O=C(O)CCCCCNC(=O)c1cn[nH]n1. The molecule has 0 spiro atoms. The Kier molecular flexibility index (Phi) is 4.97. The summed E-state index contributed by atoms with van der Waals surface area (Å²) in [5, 5.41) is 20.6. The van der Waals surface area contributed by atoms with Gasteiger partial charge in [0.15, 0.2) is 5.69 Å². The summed E-state index contributed by atoms with van der Waals surface area (Å²) in [4.78, 5) is 21.5. The molecular formula is C9H14N4O3. The lowest BCUT2D eigenvalue weighted by Crippen LogP contribution is -2.24. The molecule has 7 heteroatoms. The zero-order chi connectivity index (χ0) is 11.8. The first-order valence-electron chi connectivity index (χ1n) is 5.06. The van der Waals surface area contributed by atoms with Crippen LogP contribution >= 0.6 is 0 Å². The van der Waals surface area contributed by atoms with Crippen LogP contribution in [-0.4, -0.2) is 38.9 Å². The molecule has 1 aromatic heterocycles. The highest BCUT2D eigenvalue weighted by atomic mass is 16.4. The maximum Gasteiger partial charge on any atom is 0.303 e. The van der Waals surface area contributed by atoms with E-state index in [1.54, 1.807) is 0 Å². The molecule has 0 aliphatic rings. The third-order valence-corrected chi connectivity index (χ3v) is 2.00. The van der Waals surface area contributed by atoms with E-state index >= 15 is 0 Å². The van der Waals surface area contributed by atoms with E-state index in [9.17, 15) is 9.59 Å². The van der Waals surface area contributed by atoms with Crippen LogP contribution in [0.25, 0.3) is 0 Å². The standard InChI is InChI=1S/C9H14N4O3/c14-8(15)4-2-1-3-5-10-9(16)7-6-11-13-12-7/h6H,1-5H2,(H,10,16)(H,14,15)(H,11,12,13). The van der Waals surface area contributed by atoms with E-state index in [0.29, 0.717) is 13.0 Å². The molecule has 0 radical (unpaired) electrons. The smallest absolute Gasteiger partial charge is 0.303 e. The molecule has 0 saturated heterocycles. The molecule has 7 nitrogen and oxygen atoms in total. The second kappa shape index (κ2) is 6.54. The number of nitrogens with one attached hydrogen (secondary N) is 2. The van der Waals surface area contributed by atoms with Crippen LogP contribution in [0.3, 0.4) is 0 Å². The van der Waals surface area contributed by atoms with Crippen molar-refractivity contribution in [2.75, 3.05) is 6.54 Å². The molecule has 1 heterocycles. The van der Waals surface area contributed by atoms with E-state index in [2.05, 4.69) is 20.7 Å². The molecule has 1 rings (SSSR count). The second-order valence-electron chi connectivity index (χ2n) is 3.32. The third kappa shape index (κ3) is 4.54. The summed E-state index contributed by atoms with van der Waals surface area (Å²) in [6.45, 7) is 0.519. The van der Waals surface area contributed by atoms with Gasteiger partial charge in [-0.25, -0.2) is 0 Å². The van der Waals surface area contributed by atoms with E-state index in [0.717, 1.165) is 12.8 Å². The molecule has 0 saturated carbocycles. The summed E-state index contributed by atoms with van der Waals surface area (Å²) in [7, 11) is 0. The fourth-order valence-electron chi connectivity index (χ4n) is 1.18. The fraction of sp³-hybridized carbons (Fsp3) is 0.556. The summed E-state index contributed by atoms with van der Waals surface area (Å²) >= 11 is 0. The van der Waals surface area contributed by atoms with Crippen molar-refractivity contribution in [2.45, 2.75) is 25.7 Å². The van der Waals surface area contributed by atoms with Gasteiger partial charge in [0.1, 0.15) is 0 Å². The maximum absolute atomic E-state index is 11.3. The normalized spacial score (nSPS) is 10.0. The van der Waals surface area contributed by atoms with Gasteiger partial charge in [-0.3, -0.25) is 9.59 Å². The van der Waals surface area contributed by atoms with Crippen LogP contribution < -0.4 is 5.32 Å². The number of unbranched alkanes of at least 4 members (excludes halogenated alkanes) is 2. The van der Waals surface area contributed by atoms with Gasteiger partial charge in [0.25, 0.3) is 5.91 Å². The molecule has 0 fully saturated rings. The number of nitrogens with zero attached hydrogens (tertiary/aromatic N) is 2. The number of amides is 1. The van der Waals surface area contributed by atoms with E-state index < -0.39 is 5.97 Å². The van der Waals surface area contributed by atoms with Gasteiger partial charge >= 0.3 is 5.97 Å². The number of hydrogen-bond donors (Lipinski definition) is 3. The van der Waals surface area contributed by atoms with Crippen LogP contribution in [0.1, 0.15) is 36.2 Å². The number of carboxylic acid groups (broad SMARTS) is 1. The highest BCUT2D eigenvalue weighted by molar-refractivity contribution is 5.91. The van der Waals surface area contributed by atoms with Crippen molar-refractivity contribution in [3.8, 4) is 0 Å². The fourth-order valence-corrected chi connectivity index (χ4v) is 1.18. The van der Waals surface area contributed by atoms with E-state index in [-0.39, 0.29) is 18.0 Å². The van der Waals surface area contributed by atoms with Gasteiger partial charge in [0.2, 0.25) is 0 Å². The van der Waals surface area contributed by atoms with E-state index in [1.165, 1.54) is 6.20 Å². The Morgan fingerprint density at radius 1 is 1.38 bits per heavy atom. The predicted octanol–water partition coefficient (Wildman–Crippen LogP) is 0.179. The van der Waals surface area contributed by atoms with Crippen LogP contribution in [-0.2, 0) is 4.79 Å². The average molecular weight is 226 g/mol. The molecule has 0 aliphatic carbocycles. The monoisotopic (exact) mass is 226 g/mol. The number of carbonyl (C=O) groups is 2. The van der Waals surface area contributed by atoms with Crippen molar-refractivity contribution in [1.82, 2.24) is 20.7 Å². The molecule has 1 amide bonds. The minimum atomic E-state index is -0.786. The maximum atomic E-state index is 11.3. The number of aromatic amines is 1. The Morgan fingerprint density at radius 2 is 2.19 bits per heavy atom. The highest BCUT2D eigenvalue weighted by Gasteiger charge is 2.06. The van der Waals surface area contributed by atoms with Gasteiger partial charge in [-0.2, -0.15) is 15.4 Å².